The molecule has 0 unspecified atom stereocenters. The summed E-state index contributed by atoms with van der Waals surface area (Å²) in [5, 5.41) is 0. The predicted octanol–water partition coefficient (Wildman–Crippen LogP) is -15.0. The Kier molecular flexibility index (Phi) is 33.3. The topological polar surface area (TPSA) is 401 Å². The van der Waals surface area contributed by atoms with Gasteiger partial charge in [0.2, 0.25) is 0 Å². The summed E-state index contributed by atoms with van der Waals surface area (Å²) in [6, 6.07) is 0. The molecule has 0 bridgehead atoms. The zero-order valence-electron chi connectivity index (χ0n) is 11.1. The van der Waals surface area contributed by atoms with Crippen molar-refractivity contribution in [2.75, 3.05) is 0 Å². The van der Waals surface area contributed by atoms with Crippen LogP contribution in [0.5, 0.6) is 0 Å². The Hall–Kier alpha value is 1.37. The molecule has 0 N–H and O–H groups in total. The molecule has 2 radical (unpaired) electrons. The molecular formula is O20Se5V2-10. The molecule has 0 aromatic rings. The monoisotopic (exact) mass is 821 g/mol. The average molecular weight is 817 g/mol. The van der Waals surface area contributed by atoms with Gasteiger partial charge in [0, 0.05) is 37.1 Å². The van der Waals surface area contributed by atoms with Crippen molar-refractivity contribution in [3.8, 4) is 0 Å². The molecular weight excluding hydrogens is 817 g/mol. The molecule has 0 atom stereocenters. The van der Waals surface area contributed by atoms with Crippen LogP contribution < -0.4 is 41.9 Å². The van der Waals surface area contributed by atoms with Gasteiger partial charge in [-0.2, -0.15) is 0 Å². The molecule has 170 valence electrons. The summed E-state index contributed by atoms with van der Waals surface area (Å²) in [5.41, 5.74) is 0. The largest absolute Gasteiger partial charge is 0 e. The first kappa shape index (κ1) is 46.5. The normalized spacial score (nSPS) is 10.7. The third-order valence-corrected chi connectivity index (χ3v) is 0. The van der Waals surface area contributed by atoms with E-state index in [-0.39, 0.29) is 37.1 Å². The van der Waals surface area contributed by atoms with E-state index in [1.807, 2.05) is 0 Å². The zero-order chi connectivity index (χ0) is 22.5. The van der Waals surface area contributed by atoms with Crippen LogP contribution in [0.4, 0.5) is 0 Å². The Bertz CT molecular complexity index is 619. The average Bonchev–Trinajstić information content (AvgIpc) is 1.79. The molecule has 0 amide bonds. The van der Waals surface area contributed by atoms with Gasteiger partial charge in [-0.05, 0) is 0 Å². The van der Waals surface area contributed by atoms with Crippen molar-refractivity contribution in [1.29, 1.82) is 0 Å². The van der Waals surface area contributed by atoms with E-state index in [2.05, 4.69) is 0 Å². The molecule has 27 heteroatoms. The summed E-state index contributed by atoms with van der Waals surface area (Å²) in [6.45, 7) is 0. The second-order valence-corrected chi connectivity index (χ2v) is 10.6. The molecule has 0 aromatic carbocycles. The Labute approximate surface area is 182 Å². The van der Waals surface area contributed by atoms with Crippen LogP contribution in [0, 0.1) is 0 Å². The zero-order valence-corrected chi connectivity index (χ0v) is 22.5. The van der Waals surface area contributed by atoms with Gasteiger partial charge in [0.15, 0.2) is 0 Å². The minimum absolute atomic E-state index is 0. The van der Waals surface area contributed by atoms with Gasteiger partial charge in [-0.1, -0.05) is 0 Å². The van der Waals surface area contributed by atoms with E-state index in [4.69, 9.17) is 80.2 Å². The van der Waals surface area contributed by atoms with Crippen LogP contribution in [0.3, 0.4) is 0 Å². The van der Waals surface area contributed by atoms with E-state index < -0.39 is 66.8 Å². The first-order valence-electron chi connectivity index (χ1n) is 3.33. The summed E-state index contributed by atoms with van der Waals surface area (Å²) in [5.74, 6) is 0. The van der Waals surface area contributed by atoms with Gasteiger partial charge < -0.3 is 0 Å². The van der Waals surface area contributed by atoms with Crippen LogP contribution in [0.15, 0.2) is 0 Å². The fraction of sp³-hybridized carbons (Fsp3) is 0. The second-order valence-electron chi connectivity index (χ2n) is 2.04. The quantitative estimate of drug-likeness (QED) is 0.205. The predicted molar refractivity (Wildman–Crippen MR) is 35.6 cm³/mol. The van der Waals surface area contributed by atoms with E-state index in [1.54, 1.807) is 0 Å². The standard InChI is InChI=1S/5H2O4Se.2V/c5*1-5(2,3)4;;/h5*(H2,1,2,3,4);;/p-10. The molecule has 20 nitrogen and oxygen atoms in total. The van der Waals surface area contributed by atoms with Crippen LogP contribution in [0.2, 0.25) is 0 Å². The third-order valence-electron chi connectivity index (χ3n) is 0. The molecule has 0 spiro atoms. The number of rotatable bonds is 0. The minimum Gasteiger partial charge on any atom is 0 e. The molecule has 0 aliphatic heterocycles. The number of hydrogen-bond donors (Lipinski definition) is 0. The maximum absolute atomic E-state index is 8.59. The first-order valence-corrected chi connectivity index (χ1v) is 17.3. The molecule has 27 heavy (non-hydrogen) atoms. The first-order chi connectivity index (χ1) is 10.0. The SMILES string of the molecule is O=[Se](=O)([O-])[O-].O=[Se](=O)([O-])[O-].O=[Se](=O)([O-])[O-].O=[Se](=O)([O-])[O-].O=[Se](=O)([O-])[O-].[V].[V]. The smallest absolute Gasteiger partial charge is 0 e. The van der Waals surface area contributed by atoms with Crippen LogP contribution in [0.25, 0.3) is 0 Å². The molecule has 0 saturated heterocycles. The minimum atomic E-state index is -5.75. The van der Waals surface area contributed by atoms with E-state index in [0.717, 1.165) is 0 Å². The molecule has 0 aliphatic rings. The van der Waals surface area contributed by atoms with Crippen LogP contribution in [0.1, 0.15) is 0 Å². The van der Waals surface area contributed by atoms with E-state index in [9.17, 15) is 0 Å². The Balaban J connectivity index is -0.0000000364. The molecule has 0 aliphatic carbocycles. The van der Waals surface area contributed by atoms with Gasteiger partial charge in [0.1, 0.15) is 0 Å². The van der Waals surface area contributed by atoms with Crippen molar-refractivity contribution in [3.05, 3.63) is 0 Å². The van der Waals surface area contributed by atoms with Crippen molar-refractivity contribution in [2.45, 2.75) is 0 Å². The van der Waals surface area contributed by atoms with Gasteiger partial charge in [-0.25, -0.2) is 0 Å². The van der Waals surface area contributed by atoms with Crippen LogP contribution in [-0.2, 0) is 75.5 Å². The van der Waals surface area contributed by atoms with Crippen LogP contribution in [-0.4, -0.2) is 66.8 Å². The van der Waals surface area contributed by atoms with E-state index in [1.165, 1.54) is 0 Å². The summed E-state index contributed by atoms with van der Waals surface area (Å²) >= 11 is -28.8. The van der Waals surface area contributed by atoms with E-state index >= 15 is 0 Å². The van der Waals surface area contributed by atoms with Gasteiger partial charge in [-0.15, -0.1) is 0 Å². The number of hydrogen-bond acceptors (Lipinski definition) is 20. The molecule has 0 rings (SSSR count). The fourth-order valence-electron chi connectivity index (χ4n) is 0. The second kappa shape index (κ2) is 19.3. The Morgan fingerprint density at radius 3 is 0.259 bits per heavy atom. The Morgan fingerprint density at radius 1 is 0.259 bits per heavy atom. The summed E-state index contributed by atoms with van der Waals surface area (Å²) in [7, 11) is 0. The molecule has 0 heterocycles. The molecule has 0 saturated carbocycles. The maximum atomic E-state index is 8.59. The maximum Gasteiger partial charge on any atom is 0 e. The van der Waals surface area contributed by atoms with Gasteiger partial charge in [0.25, 0.3) is 0 Å². The van der Waals surface area contributed by atoms with Crippen molar-refractivity contribution in [3.63, 3.8) is 0 Å². The van der Waals surface area contributed by atoms with Crippen molar-refractivity contribution in [2.24, 2.45) is 0 Å². The van der Waals surface area contributed by atoms with Crippen LogP contribution >= 0.6 is 0 Å². The summed E-state index contributed by atoms with van der Waals surface area (Å²) in [6.07, 6.45) is 0. The molecule has 0 aromatic heterocycles. The van der Waals surface area contributed by atoms with Crippen molar-refractivity contribution < 1.29 is 117 Å². The van der Waals surface area contributed by atoms with Gasteiger partial charge in [0.05, 0.1) is 0 Å². The van der Waals surface area contributed by atoms with Gasteiger partial charge in [-0.3, -0.25) is 0 Å². The summed E-state index contributed by atoms with van der Waals surface area (Å²) in [4.78, 5) is 0. The third kappa shape index (κ3) is 9430. The van der Waals surface area contributed by atoms with E-state index in [0.29, 0.717) is 0 Å². The Morgan fingerprint density at radius 2 is 0.259 bits per heavy atom. The van der Waals surface area contributed by atoms with Crippen molar-refractivity contribution >= 4 is 66.8 Å². The molecule has 0 fully saturated rings. The van der Waals surface area contributed by atoms with Crippen molar-refractivity contribution in [1.82, 2.24) is 0 Å². The van der Waals surface area contributed by atoms with Gasteiger partial charge >= 0.3 is 147 Å². The fourth-order valence-corrected chi connectivity index (χ4v) is 0. The summed E-state index contributed by atoms with van der Waals surface area (Å²) < 4.78 is 172.